The van der Waals surface area contributed by atoms with Crippen molar-refractivity contribution in [1.29, 1.82) is 0 Å². The second kappa shape index (κ2) is 6.79. The summed E-state index contributed by atoms with van der Waals surface area (Å²) >= 11 is 0. The predicted octanol–water partition coefficient (Wildman–Crippen LogP) is 3.57. The average Bonchev–Trinajstić information content (AvgIpc) is 2.42. The number of benzene rings is 1. The molecule has 0 amide bonds. The van der Waals surface area contributed by atoms with E-state index in [1.807, 2.05) is 18.2 Å². The van der Waals surface area contributed by atoms with Gasteiger partial charge in [-0.15, -0.1) is 0 Å². The van der Waals surface area contributed by atoms with Crippen LogP contribution in [0.2, 0.25) is 0 Å². The molecule has 1 N–H and O–H groups in total. The van der Waals surface area contributed by atoms with Crippen LogP contribution in [-0.4, -0.2) is 17.8 Å². The number of hydrogen-bond acceptors (Lipinski definition) is 2. The maximum absolute atomic E-state index is 9.09. The monoisotopic (exact) mass is 248 g/mol. The molecule has 1 aliphatic rings. The van der Waals surface area contributed by atoms with E-state index in [2.05, 4.69) is 13.0 Å². The Labute approximate surface area is 110 Å². The molecule has 0 aromatic heterocycles. The van der Waals surface area contributed by atoms with Crippen LogP contribution in [0.1, 0.15) is 44.6 Å². The highest BCUT2D eigenvalue weighted by molar-refractivity contribution is 5.33. The molecule has 0 heterocycles. The Kier molecular flexibility index (Phi) is 5.06. The Morgan fingerprint density at radius 1 is 1.22 bits per heavy atom. The zero-order valence-corrected chi connectivity index (χ0v) is 11.3. The molecule has 2 unspecified atom stereocenters. The van der Waals surface area contributed by atoms with Gasteiger partial charge in [0.2, 0.25) is 0 Å². The topological polar surface area (TPSA) is 29.5 Å². The third-order valence-electron chi connectivity index (χ3n) is 4.00. The molecule has 0 aliphatic heterocycles. The second-order valence-electron chi connectivity index (χ2n) is 5.19. The van der Waals surface area contributed by atoms with Crippen LogP contribution in [-0.2, 0) is 6.42 Å². The van der Waals surface area contributed by atoms with E-state index >= 15 is 0 Å². The number of aliphatic hydroxyl groups is 1. The van der Waals surface area contributed by atoms with Gasteiger partial charge in [-0.3, -0.25) is 0 Å². The fraction of sp³-hybridized carbons (Fsp3) is 0.625. The normalized spacial score (nSPS) is 23.9. The second-order valence-corrected chi connectivity index (χ2v) is 5.19. The quantitative estimate of drug-likeness (QED) is 0.863. The minimum absolute atomic E-state index is 0.183. The molecule has 2 heteroatoms. The van der Waals surface area contributed by atoms with E-state index in [4.69, 9.17) is 9.84 Å². The van der Waals surface area contributed by atoms with Crippen molar-refractivity contribution in [3.8, 4) is 5.75 Å². The summed E-state index contributed by atoms with van der Waals surface area (Å²) in [4.78, 5) is 0. The van der Waals surface area contributed by atoms with Crippen molar-refractivity contribution >= 4 is 0 Å². The summed E-state index contributed by atoms with van der Waals surface area (Å²) in [6.45, 7) is 2.44. The molecule has 1 saturated carbocycles. The Morgan fingerprint density at radius 3 is 2.78 bits per heavy atom. The summed E-state index contributed by atoms with van der Waals surface area (Å²) in [7, 11) is 0. The molecule has 18 heavy (non-hydrogen) atoms. The first kappa shape index (κ1) is 13.4. The van der Waals surface area contributed by atoms with Gasteiger partial charge in [0.05, 0.1) is 0 Å². The van der Waals surface area contributed by atoms with Gasteiger partial charge in [0.1, 0.15) is 11.9 Å². The van der Waals surface area contributed by atoms with E-state index in [-0.39, 0.29) is 6.61 Å². The Bertz CT molecular complexity index is 362. The largest absolute Gasteiger partial charge is 0.490 e. The maximum Gasteiger partial charge on any atom is 0.123 e. The lowest BCUT2D eigenvalue weighted by Gasteiger charge is -2.31. The molecular formula is C16H24O2. The third kappa shape index (κ3) is 3.26. The summed E-state index contributed by atoms with van der Waals surface area (Å²) in [5.41, 5.74) is 1.13. The molecule has 1 aromatic rings. The molecule has 100 valence electrons. The summed E-state index contributed by atoms with van der Waals surface area (Å²) < 4.78 is 6.23. The molecule has 1 aromatic carbocycles. The van der Waals surface area contributed by atoms with Crippen LogP contribution in [0.5, 0.6) is 5.75 Å². The van der Waals surface area contributed by atoms with E-state index in [1.54, 1.807) is 0 Å². The van der Waals surface area contributed by atoms with Crippen LogP contribution >= 0.6 is 0 Å². The van der Waals surface area contributed by atoms with Crippen LogP contribution < -0.4 is 4.74 Å². The predicted molar refractivity (Wildman–Crippen MR) is 73.9 cm³/mol. The van der Waals surface area contributed by atoms with Gasteiger partial charge in [-0.25, -0.2) is 0 Å². The van der Waals surface area contributed by atoms with E-state index < -0.39 is 0 Å². The fourth-order valence-electron chi connectivity index (χ4n) is 2.90. The lowest BCUT2D eigenvalue weighted by atomic mass is 9.84. The van der Waals surface area contributed by atoms with Crippen LogP contribution in [0, 0.1) is 5.92 Å². The first-order valence-corrected chi connectivity index (χ1v) is 7.20. The Balaban J connectivity index is 2.07. The molecule has 0 bridgehead atoms. The molecule has 1 aliphatic carbocycles. The fourth-order valence-corrected chi connectivity index (χ4v) is 2.90. The van der Waals surface area contributed by atoms with Crippen LogP contribution in [0.15, 0.2) is 24.3 Å². The molecule has 0 saturated heterocycles. The van der Waals surface area contributed by atoms with Crippen LogP contribution in [0.4, 0.5) is 0 Å². The number of hydrogen-bond donors (Lipinski definition) is 1. The van der Waals surface area contributed by atoms with Crippen molar-refractivity contribution in [3.05, 3.63) is 29.8 Å². The molecule has 1 fully saturated rings. The van der Waals surface area contributed by atoms with E-state index in [9.17, 15) is 0 Å². The van der Waals surface area contributed by atoms with Crippen molar-refractivity contribution in [1.82, 2.24) is 0 Å². The summed E-state index contributed by atoms with van der Waals surface area (Å²) in [5, 5.41) is 9.09. The Hall–Kier alpha value is -1.02. The van der Waals surface area contributed by atoms with Crippen LogP contribution in [0.3, 0.4) is 0 Å². The molecule has 2 atom stereocenters. The van der Waals surface area contributed by atoms with Gasteiger partial charge in [0, 0.05) is 6.61 Å². The third-order valence-corrected chi connectivity index (χ3v) is 4.00. The molecule has 2 nitrogen and oxygen atoms in total. The van der Waals surface area contributed by atoms with E-state index in [1.165, 1.54) is 32.1 Å². The Morgan fingerprint density at radius 2 is 2.00 bits per heavy atom. The number of aliphatic hydroxyl groups excluding tert-OH is 1. The van der Waals surface area contributed by atoms with E-state index in [0.29, 0.717) is 18.4 Å². The highest BCUT2D eigenvalue weighted by atomic mass is 16.5. The maximum atomic E-state index is 9.09. The lowest BCUT2D eigenvalue weighted by Crippen LogP contribution is -2.30. The zero-order chi connectivity index (χ0) is 12.8. The number of ether oxygens (including phenoxy) is 1. The highest BCUT2D eigenvalue weighted by Gasteiger charge is 2.25. The number of para-hydroxylation sites is 1. The van der Waals surface area contributed by atoms with Crippen molar-refractivity contribution in [2.75, 3.05) is 6.61 Å². The summed E-state index contributed by atoms with van der Waals surface area (Å²) in [6, 6.07) is 8.11. The molecule has 2 rings (SSSR count). The van der Waals surface area contributed by atoms with Gasteiger partial charge in [-0.1, -0.05) is 31.5 Å². The molecule has 0 radical (unpaired) electrons. The van der Waals surface area contributed by atoms with E-state index in [0.717, 1.165) is 11.3 Å². The highest BCUT2D eigenvalue weighted by Crippen LogP contribution is 2.31. The van der Waals surface area contributed by atoms with Crippen molar-refractivity contribution in [3.63, 3.8) is 0 Å². The lowest BCUT2D eigenvalue weighted by molar-refractivity contribution is 0.0891. The van der Waals surface area contributed by atoms with Crippen molar-refractivity contribution in [2.45, 2.75) is 51.6 Å². The zero-order valence-electron chi connectivity index (χ0n) is 11.3. The minimum atomic E-state index is 0.183. The van der Waals surface area contributed by atoms with Gasteiger partial charge in [-0.05, 0) is 49.7 Å². The minimum Gasteiger partial charge on any atom is -0.490 e. The van der Waals surface area contributed by atoms with Gasteiger partial charge in [0.15, 0.2) is 0 Å². The first-order valence-electron chi connectivity index (χ1n) is 7.20. The standard InChI is InChI=1S/C16H24O2/c1-2-13-7-3-5-9-15(13)18-16-10-6-4-8-14(16)11-12-17/h4,6,8,10,13,15,17H,2-3,5,7,9,11-12H2,1H3. The first-order chi connectivity index (χ1) is 8.85. The van der Waals surface area contributed by atoms with Gasteiger partial charge in [-0.2, -0.15) is 0 Å². The SMILES string of the molecule is CCC1CCCCC1Oc1ccccc1CCO. The molecule has 0 spiro atoms. The molecular weight excluding hydrogens is 224 g/mol. The summed E-state index contributed by atoms with van der Waals surface area (Å²) in [6.07, 6.45) is 7.34. The van der Waals surface area contributed by atoms with Crippen molar-refractivity contribution in [2.24, 2.45) is 5.92 Å². The van der Waals surface area contributed by atoms with Crippen molar-refractivity contribution < 1.29 is 9.84 Å². The number of rotatable bonds is 5. The van der Waals surface area contributed by atoms with Gasteiger partial charge in [0.25, 0.3) is 0 Å². The average molecular weight is 248 g/mol. The van der Waals surface area contributed by atoms with Gasteiger partial charge >= 0.3 is 0 Å². The van der Waals surface area contributed by atoms with Gasteiger partial charge < -0.3 is 9.84 Å². The van der Waals surface area contributed by atoms with Crippen LogP contribution in [0.25, 0.3) is 0 Å². The smallest absolute Gasteiger partial charge is 0.123 e. The summed E-state index contributed by atoms with van der Waals surface area (Å²) in [5.74, 6) is 1.66.